The molecule has 0 aliphatic heterocycles. The van der Waals surface area contributed by atoms with Crippen LogP contribution in [0.5, 0.6) is 0 Å². The van der Waals surface area contributed by atoms with Crippen molar-refractivity contribution in [3.63, 3.8) is 0 Å². The number of nitrogen functional groups attached to an aromatic ring is 1. The average molecular weight is 236 g/mol. The van der Waals surface area contributed by atoms with Gasteiger partial charge in [0.15, 0.2) is 0 Å². The lowest BCUT2D eigenvalue weighted by molar-refractivity contribution is 0.0695. The highest BCUT2D eigenvalue weighted by Crippen LogP contribution is 2.23. The van der Waals surface area contributed by atoms with Crippen molar-refractivity contribution in [1.82, 2.24) is 5.32 Å². The van der Waals surface area contributed by atoms with E-state index in [0.29, 0.717) is 17.8 Å². The van der Waals surface area contributed by atoms with Crippen molar-refractivity contribution >= 4 is 11.7 Å². The van der Waals surface area contributed by atoms with E-state index in [0.717, 1.165) is 30.4 Å². The van der Waals surface area contributed by atoms with Crippen LogP contribution in [-0.2, 0) is 13.0 Å². The molecule has 4 heteroatoms. The second-order valence-corrected chi connectivity index (χ2v) is 4.10. The Morgan fingerprint density at radius 1 is 1.41 bits per heavy atom. The van der Waals surface area contributed by atoms with Gasteiger partial charge in [-0.25, -0.2) is 4.79 Å². The van der Waals surface area contributed by atoms with Crippen LogP contribution in [0, 0.1) is 0 Å². The Morgan fingerprint density at radius 3 is 2.65 bits per heavy atom. The van der Waals surface area contributed by atoms with Crippen LogP contribution in [0.15, 0.2) is 12.1 Å². The number of carboxylic acid groups (broad SMARTS) is 1. The number of rotatable bonds is 6. The Hall–Kier alpha value is -1.55. The summed E-state index contributed by atoms with van der Waals surface area (Å²) in [6.07, 6.45) is 2.77. The number of benzene rings is 1. The summed E-state index contributed by atoms with van der Waals surface area (Å²) in [5.41, 5.74) is 8.74. The fourth-order valence-corrected chi connectivity index (χ4v) is 1.94. The molecule has 0 fully saturated rings. The molecule has 0 bridgehead atoms. The first-order valence-corrected chi connectivity index (χ1v) is 5.89. The number of hydrogen-bond donors (Lipinski definition) is 3. The number of anilines is 1. The number of hydrogen-bond acceptors (Lipinski definition) is 3. The molecule has 0 heterocycles. The van der Waals surface area contributed by atoms with E-state index in [-0.39, 0.29) is 0 Å². The molecule has 0 aromatic heterocycles. The summed E-state index contributed by atoms with van der Waals surface area (Å²) in [5, 5.41) is 12.2. The van der Waals surface area contributed by atoms with Gasteiger partial charge in [0.2, 0.25) is 0 Å². The van der Waals surface area contributed by atoms with Crippen LogP contribution < -0.4 is 11.1 Å². The highest BCUT2D eigenvalue weighted by molar-refractivity contribution is 5.90. The highest BCUT2D eigenvalue weighted by atomic mass is 16.4. The Morgan fingerprint density at radius 2 is 2.12 bits per heavy atom. The molecule has 0 saturated heterocycles. The Balaban J connectivity index is 3.22. The van der Waals surface area contributed by atoms with Crippen LogP contribution in [0.3, 0.4) is 0 Å². The van der Waals surface area contributed by atoms with Gasteiger partial charge in [-0.3, -0.25) is 0 Å². The summed E-state index contributed by atoms with van der Waals surface area (Å²) in [4.78, 5) is 11.2. The Labute approximate surface area is 102 Å². The molecule has 0 aliphatic carbocycles. The highest BCUT2D eigenvalue weighted by Gasteiger charge is 2.15. The summed E-state index contributed by atoms with van der Waals surface area (Å²) in [5.74, 6) is -0.881. The molecular formula is C13H20N2O2. The number of carboxylic acids is 1. The number of nitrogens with one attached hydrogen (secondary N) is 1. The van der Waals surface area contributed by atoms with E-state index in [1.54, 1.807) is 12.1 Å². The molecule has 0 aliphatic rings. The van der Waals surface area contributed by atoms with E-state index in [2.05, 4.69) is 12.2 Å². The lowest BCUT2D eigenvalue weighted by Crippen LogP contribution is -2.14. The molecule has 0 atom stereocenters. The Kier molecular flexibility index (Phi) is 4.97. The minimum atomic E-state index is -0.881. The van der Waals surface area contributed by atoms with Gasteiger partial charge in [-0.2, -0.15) is 0 Å². The van der Waals surface area contributed by atoms with Gasteiger partial charge >= 0.3 is 5.97 Å². The van der Waals surface area contributed by atoms with E-state index >= 15 is 0 Å². The molecular weight excluding hydrogens is 216 g/mol. The van der Waals surface area contributed by atoms with Crippen molar-refractivity contribution in [2.45, 2.75) is 32.7 Å². The molecule has 4 N–H and O–H groups in total. The summed E-state index contributed by atoms with van der Waals surface area (Å²) in [7, 11) is 1.83. The van der Waals surface area contributed by atoms with E-state index in [1.807, 2.05) is 7.05 Å². The molecule has 1 aromatic carbocycles. The molecule has 0 amide bonds. The third kappa shape index (κ3) is 3.20. The van der Waals surface area contributed by atoms with E-state index in [9.17, 15) is 9.90 Å². The molecule has 17 heavy (non-hydrogen) atoms. The first-order valence-electron chi connectivity index (χ1n) is 5.89. The standard InChI is InChI=1S/C13H20N2O2/c1-3-4-5-9-10(13(16)17)6-7-12(14)11(9)8-15-2/h6-7,15H,3-5,8,14H2,1-2H3,(H,16,17). The average Bonchev–Trinajstić information content (AvgIpc) is 2.29. The maximum absolute atomic E-state index is 11.2. The number of nitrogens with two attached hydrogens (primary N) is 1. The molecule has 94 valence electrons. The zero-order valence-corrected chi connectivity index (χ0v) is 10.4. The minimum absolute atomic E-state index is 0.373. The van der Waals surface area contributed by atoms with Gasteiger partial charge < -0.3 is 16.2 Å². The SMILES string of the molecule is CCCCc1c(C(=O)O)ccc(N)c1CNC. The fourth-order valence-electron chi connectivity index (χ4n) is 1.94. The van der Waals surface area contributed by atoms with Crippen LogP contribution in [-0.4, -0.2) is 18.1 Å². The molecule has 0 saturated carbocycles. The predicted molar refractivity (Wildman–Crippen MR) is 69.2 cm³/mol. The second-order valence-electron chi connectivity index (χ2n) is 4.10. The maximum atomic E-state index is 11.2. The van der Waals surface area contributed by atoms with Crippen molar-refractivity contribution < 1.29 is 9.90 Å². The van der Waals surface area contributed by atoms with Gasteiger partial charge in [0.25, 0.3) is 0 Å². The van der Waals surface area contributed by atoms with Crippen molar-refractivity contribution in [3.8, 4) is 0 Å². The lowest BCUT2D eigenvalue weighted by atomic mass is 9.94. The fraction of sp³-hybridized carbons (Fsp3) is 0.462. The zero-order valence-electron chi connectivity index (χ0n) is 10.4. The third-order valence-corrected chi connectivity index (χ3v) is 2.83. The van der Waals surface area contributed by atoms with Crippen LogP contribution >= 0.6 is 0 Å². The van der Waals surface area contributed by atoms with Gasteiger partial charge in [-0.15, -0.1) is 0 Å². The van der Waals surface area contributed by atoms with E-state index in [1.165, 1.54) is 0 Å². The maximum Gasteiger partial charge on any atom is 0.335 e. The topological polar surface area (TPSA) is 75.3 Å². The van der Waals surface area contributed by atoms with Gasteiger partial charge in [0.05, 0.1) is 5.56 Å². The lowest BCUT2D eigenvalue weighted by Gasteiger charge is -2.14. The smallest absolute Gasteiger partial charge is 0.335 e. The van der Waals surface area contributed by atoms with E-state index in [4.69, 9.17) is 5.73 Å². The van der Waals surface area contributed by atoms with Crippen molar-refractivity contribution in [3.05, 3.63) is 28.8 Å². The van der Waals surface area contributed by atoms with Crippen molar-refractivity contribution in [2.75, 3.05) is 12.8 Å². The van der Waals surface area contributed by atoms with Gasteiger partial charge in [-0.05, 0) is 43.1 Å². The first kappa shape index (κ1) is 13.5. The van der Waals surface area contributed by atoms with Crippen LogP contribution in [0.25, 0.3) is 0 Å². The third-order valence-electron chi connectivity index (χ3n) is 2.83. The van der Waals surface area contributed by atoms with Crippen LogP contribution in [0.2, 0.25) is 0 Å². The zero-order chi connectivity index (χ0) is 12.8. The van der Waals surface area contributed by atoms with E-state index < -0.39 is 5.97 Å². The number of unbranched alkanes of at least 4 members (excludes halogenated alkanes) is 1. The number of carbonyl (C=O) groups is 1. The second kappa shape index (κ2) is 6.25. The summed E-state index contributed by atoms with van der Waals surface area (Å²) >= 11 is 0. The monoisotopic (exact) mass is 236 g/mol. The quantitative estimate of drug-likeness (QED) is 0.661. The van der Waals surface area contributed by atoms with Gasteiger partial charge in [0.1, 0.15) is 0 Å². The predicted octanol–water partition coefficient (Wildman–Crippen LogP) is 2.03. The molecule has 0 unspecified atom stereocenters. The van der Waals surface area contributed by atoms with Crippen molar-refractivity contribution in [1.29, 1.82) is 0 Å². The van der Waals surface area contributed by atoms with Crippen LogP contribution in [0.1, 0.15) is 41.3 Å². The van der Waals surface area contributed by atoms with Crippen LogP contribution in [0.4, 0.5) is 5.69 Å². The Bertz CT molecular complexity index is 403. The minimum Gasteiger partial charge on any atom is -0.478 e. The summed E-state index contributed by atoms with van der Waals surface area (Å²) in [6, 6.07) is 3.27. The molecule has 0 radical (unpaired) electrons. The molecule has 0 spiro atoms. The molecule has 1 aromatic rings. The summed E-state index contributed by atoms with van der Waals surface area (Å²) < 4.78 is 0. The summed E-state index contributed by atoms with van der Waals surface area (Å²) in [6.45, 7) is 2.69. The normalized spacial score (nSPS) is 10.5. The molecule has 1 rings (SSSR count). The van der Waals surface area contributed by atoms with Gasteiger partial charge in [0, 0.05) is 12.2 Å². The largest absolute Gasteiger partial charge is 0.478 e. The van der Waals surface area contributed by atoms with Gasteiger partial charge in [-0.1, -0.05) is 13.3 Å². The van der Waals surface area contributed by atoms with Crippen molar-refractivity contribution in [2.24, 2.45) is 0 Å². The number of aromatic carboxylic acids is 1. The molecule has 4 nitrogen and oxygen atoms in total. The first-order chi connectivity index (χ1) is 8.11.